The highest BCUT2D eigenvalue weighted by molar-refractivity contribution is 6.32. The topological polar surface area (TPSA) is 35.2 Å². The smallest absolute Gasteiger partial charge is 0.138 e. The Morgan fingerprint density at radius 2 is 2.15 bits per heavy atom. The summed E-state index contributed by atoms with van der Waals surface area (Å²) >= 11 is 5.98. The van der Waals surface area contributed by atoms with Crippen molar-refractivity contribution in [3.63, 3.8) is 0 Å². The van der Waals surface area contributed by atoms with E-state index in [2.05, 4.69) is 0 Å². The third-order valence-electron chi connectivity index (χ3n) is 1.91. The molecule has 0 saturated carbocycles. The molecule has 0 aliphatic carbocycles. The van der Waals surface area contributed by atoms with Crippen LogP contribution in [0.15, 0.2) is 12.1 Å². The molecule has 1 rings (SSSR count). The van der Waals surface area contributed by atoms with Gasteiger partial charge in [-0.2, -0.15) is 0 Å². The summed E-state index contributed by atoms with van der Waals surface area (Å²) < 4.78 is 5.34. The average molecular weight is 200 g/mol. The lowest BCUT2D eigenvalue weighted by Crippen LogP contribution is -2.00. The minimum atomic E-state index is 0.512. The van der Waals surface area contributed by atoms with Crippen molar-refractivity contribution in [3.8, 4) is 5.75 Å². The van der Waals surface area contributed by atoms with Crippen LogP contribution in [0.3, 0.4) is 0 Å². The van der Waals surface area contributed by atoms with E-state index < -0.39 is 0 Å². The molecule has 0 saturated heterocycles. The number of hydrogen-bond donors (Lipinski definition) is 1. The Hall–Kier alpha value is -0.730. The van der Waals surface area contributed by atoms with Crippen LogP contribution < -0.4 is 10.5 Å². The summed E-state index contributed by atoms with van der Waals surface area (Å²) in [6.07, 6.45) is 0. The fourth-order valence-corrected chi connectivity index (χ4v) is 1.42. The van der Waals surface area contributed by atoms with Gasteiger partial charge in [-0.3, -0.25) is 0 Å². The van der Waals surface area contributed by atoms with E-state index in [1.54, 1.807) is 0 Å². The van der Waals surface area contributed by atoms with Gasteiger partial charge in [0.15, 0.2) is 0 Å². The maximum Gasteiger partial charge on any atom is 0.138 e. The van der Waals surface area contributed by atoms with E-state index in [0.717, 1.165) is 16.9 Å². The number of nitrogens with two attached hydrogens (primary N) is 1. The first-order chi connectivity index (χ1) is 6.19. The van der Waals surface area contributed by atoms with Gasteiger partial charge in [-0.1, -0.05) is 11.6 Å². The van der Waals surface area contributed by atoms with Crippen molar-refractivity contribution in [2.45, 2.75) is 20.4 Å². The molecule has 0 spiro atoms. The van der Waals surface area contributed by atoms with Crippen LogP contribution in [0.1, 0.15) is 18.1 Å². The zero-order valence-electron chi connectivity index (χ0n) is 7.93. The molecular formula is C10H14ClNO. The molecule has 0 heterocycles. The minimum absolute atomic E-state index is 0.512. The normalized spacial score (nSPS) is 10.2. The molecule has 0 bridgehead atoms. The zero-order valence-corrected chi connectivity index (χ0v) is 8.69. The molecule has 0 atom stereocenters. The Bertz CT molecular complexity index is 299. The molecule has 0 aliphatic rings. The summed E-state index contributed by atoms with van der Waals surface area (Å²) in [7, 11) is 0. The van der Waals surface area contributed by atoms with Crippen LogP contribution in [-0.4, -0.2) is 6.61 Å². The van der Waals surface area contributed by atoms with Crippen molar-refractivity contribution in [1.29, 1.82) is 0 Å². The standard InChI is InChI=1S/C10H14ClNO/c1-3-13-10-4-7(2)8(6-12)5-9(10)11/h4-5H,3,6,12H2,1-2H3. The highest BCUT2D eigenvalue weighted by Gasteiger charge is 2.04. The second kappa shape index (κ2) is 4.49. The fraction of sp³-hybridized carbons (Fsp3) is 0.400. The first-order valence-corrected chi connectivity index (χ1v) is 4.68. The van der Waals surface area contributed by atoms with E-state index in [1.165, 1.54) is 0 Å². The van der Waals surface area contributed by atoms with E-state index in [0.29, 0.717) is 18.2 Å². The molecule has 0 radical (unpaired) electrons. The Kier molecular flexibility index (Phi) is 3.58. The highest BCUT2D eigenvalue weighted by Crippen LogP contribution is 2.27. The van der Waals surface area contributed by atoms with E-state index >= 15 is 0 Å². The van der Waals surface area contributed by atoms with Gasteiger partial charge in [0.2, 0.25) is 0 Å². The van der Waals surface area contributed by atoms with Crippen LogP contribution in [-0.2, 0) is 6.54 Å². The van der Waals surface area contributed by atoms with Crippen LogP contribution in [0.5, 0.6) is 5.75 Å². The molecule has 0 fully saturated rings. The van der Waals surface area contributed by atoms with Crippen molar-refractivity contribution in [2.75, 3.05) is 6.61 Å². The maximum atomic E-state index is 5.98. The summed E-state index contributed by atoms with van der Waals surface area (Å²) in [4.78, 5) is 0. The number of hydrogen-bond acceptors (Lipinski definition) is 2. The third kappa shape index (κ3) is 2.36. The van der Waals surface area contributed by atoms with Gasteiger partial charge in [-0.15, -0.1) is 0 Å². The van der Waals surface area contributed by atoms with Gasteiger partial charge < -0.3 is 10.5 Å². The van der Waals surface area contributed by atoms with Crippen molar-refractivity contribution >= 4 is 11.6 Å². The first-order valence-electron chi connectivity index (χ1n) is 4.31. The number of halogens is 1. The molecule has 0 aromatic heterocycles. The van der Waals surface area contributed by atoms with Crippen LogP contribution in [0.25, 0.3) is 0 Å². The van der Waals surface area contributed by atoms with E-state index in [-0.39, 0.29) is 0 Å². The van der Waals surface area contributed by atoms with Gasteiger partial charge >= 0.3 is 0 Å². The molecule has 0 aliphatic heterocycles. The molecule has 3 heteroatoms. The Morgan fingerprint density at radius 3 is 2.69 bits per heavy atom. The van der Waals surface area contributed by atoms with Gasteiger partial charge in [0.25, 0.3) is 0 Å². The van der Waals surface area contributed by atoms with Crippen LogP contribution in [0.2, 0.25) is 5.02 Å². The number of ether oxygens (including phenoxy) is 1. The second-order valence-electron chi connectivity index (χ2n) is 2.85. The summed E-state index contributed by atoms with van der Waals surface area (Å²) in [5, 5.41) is 0.632. The highest BCUT2D eigenvalue weighted by atomic mass is 35.5. The maximum absolute atomic E-state index is 5.98. The van der Waals surface area contributed by atoms with Crippen LogP contribution in [0.4, 0.5) is 0 Å². The first kappa shape index (κ1) is 10.4. The number of benzene rings is 1. The van der Waals surface area contributed by atoms with Crippen molar-refractivity contribution in [2.24, 2.45) is 5.73 Å². The van der Waals surface area contributed by atoms with Crippen molar-refractivity contribution < 1.29 is 4.74 Å². The van der Waals surface area contributed by atoms with Gasteiger partial charge in [0.1, 0.15) is 5.75 Å². The summed E-state index contributed by atoms with van der Waals surface area (Å²) in [5.74, 6) is 0.735. The zero-order chi connectivity index (χ0) is 9.84. The summed E-state index contributed by atoms with van der Waals surface area (Å²) in [6, 6.07) is 3.79. The molecule has 2 N–H and O–H groups in total. The SMILES string of the molecule is CCOc1cc(C)c(CN)cc1Cl. The predicted molar refractivity (Wildman–Crippen MR) is 55.2 cm³/mol. The largest absolute Gasteiger partial charge is 0.492 e. The van der Waals surface area contributed by atoms with Gasteiger partial charge in [0.05, 0.1) is 11.6 Å². The van der Waals surface area contributed by atoms with Crippen LogP contribution in [0, 0.1) is 6.92 Å². The molecule has 1 aromatic carbocycles. The third-order valence-corrected chi connectivity index (χ3v) is 2.21. The van der Waals surface area contributed by atoms with Crippen LogP contribution >= 0.6 is 11.6 Å². The van der Waals surface area contributed by atoms with E-state index in [1.807, 2.05) is 26.0 Å². The quantitative estimate of drug-likeness (QED) is 0.812. The van der Waals surface area contributed by atoms with Gasteiger partial charge in [-0.05, 0) is 37.1 Å². The van der Waals surface area contributed by atoms with Gasteiger partial charge in [-0.25, -0.2) is 0 Å². The molecule has 13 heavy (non-hydrogen) atoms. The lowest BCUT2D eigenvalue weighted by molar-refractivity contribution is 0.340. The van der Waals surface area contributed by atoms with Crippen molar-refractivity contribution in [3.05, 3.63) is 28.3 Å². The van der Waals surface area contributed by atoms with E-state index in [4.69, 9.17) is 22.1 Å². The average Bonchev–Trinajstić information content (AvgIpc) is 2.11. The monoisotopic (exact) mass is 199 g/mol. The Balaban J connectivity index is 3.05. The Morgan fingerprint density at radius 1 is 1.46 bits per heavy atom. The van der Waals surface area contributed by atoms with Crippen molar-refractivity contribution in [1.82, 2.24) is 0 Å². The molecule has 0 unspecified atom stereocenters. The van der Waals surface area contributed by atoms with E-state index in [9.17, 15) is 0 Å². The lowest BCUT2D eigenvalue weighted by Gasteiger charge is -2.09. The molecule has 0 amide bonds. The number of aryl methyl sites for hydroxylation is 1. The minimum Gasteiger partial charge on any atom is -0.492 e. The predicted octanol–water partition coefficient (Wildman–Crippen LogP) is 2.51. The molecule has 1 aromatic rings. The van der Waals surface area contributed by atoms with Gasteiger partial charge in [0, 0.05) is 6.54 Å². The second-order valence-corrected chi connectivity index (χ2v) is 3.25. The lowest BCUT2D eigenvalue weighted by atomic mass is 10.1. The molecular weight excluding hydrogens is 186 g/mol. The molecule has 2 nitrogen and oxygen atoms in total. The molecule has 72 valence electrons. The summed E-state index contributed by atoms with van der Waals surface area (Å²) in [5.41, 5.74) is 7.73. The Labute approximate surface area is 83.6 Å². The number of rotatable bonds is 3. The fourth-order valence-electron chi connectivity index (χ4n) is 1.18. The summed E-state index contributed by atoms with van der Waals surface area (Å²) in [6.45, 7) is 5.07.